The number of carboxylic acid groups (broad SMARTS) is 1. The smallest absolute Gasteiger partial charge is 0.326 e. The van der Waals surface area contributed by atoms with Gasteiger partial charge in [0, 0.05) is 12.6 Å². The molecule has 1 saturated heterocycles. The van der Waals surface area contributed by atoms with E-state index in [1.165, 1.54) is 25.7 Å². The molecule has 1 saturated carbocycles. The van der Waals surface area contributed by atoms with Crippen molar-refractivity contribution < 1.29 is 14.7 Å². The third kappa shape index (κ3) is 3.25. The van der Waals surface area contributed by atoms with E-state index >= 15 is 0 Å². The number of rotatable bonds is 4. The number of carboxylic acids is 1. The van der Waals surface area contributed by atoms with Crippen LogP contribution in [-0.2, 0) is 4.79 Å². The number of hydrogen-bond acceptors (Lipinski definition) is 2. The van der Waals surface area contributed by atoms with Crippen LogP contribution in [0.3, 0.4) is 0 Å². The maximum Gasteiger partial charge on any atom is 0.326 e. The Morgan fingerprint density at radius 2 is 1.80 bits per heavy atom. The molecule has 5 heteroatoms. The number of urea groups is 1. The third-order valence-electron chi connectivity index (χ3n) is 4.72. The summed E-state index contributed by atoms with van der Waals surface area (Å²) in [5.74, 6) is -0.445. The summed E-state index contributed by atoms with van der Waals surface area (Å²) in [6, 6.07) is -0.674. The molecule has 0 radical (unpaired) electrons. The van der Waals surface area contributed by atoms with Gasteiger partial charge in [0.05, 0.1) is 0 Å². The fourth-order valence-electron chi connectivity index (χ4n) is 3.61. The molecular weight excluding hydrogens is 256 g/mol. The Bertz CT molecular complexity index is 364. The molecule has 114 valence electrons. The number of nitrogens with one attached hydrogen (secondary N) is 1. The van der Waals surface area contributed by atoms with Crippen LogP contribution in [0.25, 0.3) is 0 Å². The van der Waals surface area contributed by atoms with E-state index in [4.69, 9.17) is 0 Å². The number of carbonyl (C=O) groups is 2. The molecule has 2 rings (SSSR count). The molecule has 0 aromatic carbocycles. The van der Waals surface area contributed by atoms with Crippen molar-refractivity contribution in [3.8, 4) is 0 Å². The number of hydrogen-bond donors (Lipinski definition) is 2. The van der Waals surface area contributed by atoms with E-state index in [9.17, 15) is 14.7 Å². The number of amides is 2. The van der Waals surface area contributed by atoms with Crippen molar-refractivity contribution >= 4 is 12.0 Å². The third-order valence-corrected chi connectivity index (χ3v) is 4.72. The average molecular weight is 282 g/mol. The van der Waals surface area contributed by atoms with Crippen molar-refractivity contribution in [1.29, 1.82) is 0 Å². The van der Waals surface area contributed by atoms with Gasteiger partial charge in [-0.3, -0.25) is 0 Å². The predicted octanol–water partition coefficient (Wildman–Crippen LogP) is 2.46. The van der Waals surface area contributed by atoms with Crippen LogP contribution in [0, 0.1) is 11.8 Å². The second-order valence-electron chi connectivity index (χ2n) is 6.46. The van der Waals surface area contributed by atoms with E-state index in [2.05, 4.69) is 5.32 Å². The molecule has 1 heterocycles. The van der Waals surface area contributed by atoms with E-state index in [1.807, 2.05) is 18.7 Å². The summed E-state index contributed by atoms with van der Waals surface area (Å²) < 4.78 is 0. The molecule has 0 aromatic rings. The summed E-state index contributed by atoms with van der Waals surface area (Å²) in [7, 11) is 0. The predicted molar refractivity (Wildman–Crippen MR) is 76.5 cm³/mol. The van der Waals surface area contributed by atoms with Gasteiger partial charge in [-0.15, -0.1) is 0 Å². The van der Waals surface area contributed by atoms with Gasteiger partial charge in [-0.2, -0.15) is 0 Å². The van der Waals surface area contributed by atoms with Gasteiger partial charge in [-0.05, 0) is 37.5 Å². The Labute approximate surface area is 120 Å². The minimum Gasteiger partial charge on any atom is -0.480 e. The van der Waals surface area contributed by atoms with Crippen LogP contribution in [-0.4, -0.2) is 40.6 Å². The van der Waals surface area contributed by atoms with Crippen LogP contribution < -0.4 is 5.32 Å². The lowest BCUT2D eigenvalue weighted by Crippen LogP contribution is -2.52. The van der Waals surface area contributed by atoms with Gasteiger partial charge in [0.25, 0.3) is 0 Å². The van der Waals surface area contributed by atoms with Gasteiger partial charge in [0.15, 0.2) is 0 Å². The molecule has 1 unspecified atom stereocenters. The van der Waals surface area contributed by atoms with Crippen LogP contribution in [0.15, 0.2) is 0 Å². The molecule has 2 N–H and O–H groups in total. The van der Waals surface area contributed by atoms with Crippen LogP contribution in [0.5, 0.6) is 0 Å². The van der Waals surface area contributed by atoms with E-state index in [1.54, 1.807) is 0 Å². The Morgan fingerprint density at radius 3 is 2.35 bits per heavy atom. The molecular formula is C15H26N2O3. The van der Waals surface area contributed by atoms with Crippen molar-refractivity contribution in [3.05, 3.63) is 0 Å². The summed E-state index contributed by atoms with van der Waals surface area (Å²) in [6.45, 7) is 4.40. The van der Waals surface area contributed by atoms with Crippen LogP contribution >= 0.6 is 0 Å². The van der Waals surface area contributed by atoms with Gasteiger partial charge in [-0.25, -0.2) is 9.59 Å². The highest BCUT2D eigenvalue weighted by atomic mass is 16.4. The van der Waals surface area contributed by atoms with Crippen LogP contribution in [0.2, 0.25) is 0 Å². The summed E-state index contributed by atoms with van der Waals surface area (Å²) in [5.41, 5.74) is 0. The topological polar surface area (TPSA) is 69.6 Å². The van der Waals surface area contributed by atoms with Crippen molar-refractivity contribution in [2.75, 3.05) is 6.54 Å². The van der Waals surface area contributed by atoms with Crippen molar-refractivity contribution in [2.45, 2.75) is 64.5 Å². The molecule has 1 aliphatic heterocycles. The normalized spacial score (nSPS) is 25.1. The standard InChI is InChI=1S/C15H26N2O3/c1-10(2)13(14(18)19)16-15(20)17-9-5-8-12(17)11-6-3-4-7-11/h10-13H,3-9H2,1-2H3,(H,16,20)(H,18,19)/t12?,13-/m0/s1. The molecule has 1 aliphatic carbocycles. The molecule has 0 spiro atoms. The van der Waals surface area contributed by atoms with Crippen molar-refractivity contribution in [3.63, 3.8) is 0 Å². The van der Waals surface area contributed by atoms with Gasteiger partial charge >= 0.3 is 12.0 Å². The number of nitrogens with zero attached hydrogens (tertiary/aromatic N) is 1. The Hall–Kier alpha value is -1.26. The zero-order chi connectivity index (χ0) is 14.7. The summed E-state index contributed by atoms with van der Waals surface area (Å²) >= 11 is 0. The maximum atomic E-state index is 12.4. The zero-order valence-corrected chi connectivity index (χ0v) is 12.5. The zero-order valence-electron chi connectivity index (χ0n) is 12.5. The van der Waals surface area contributed by atoms with Crippen LogP contribution in [0.1, 0.15) is 52.4 Å². The lowest BCUT2D eigenvalue weighted by molar-refractivity contribution is -0.140. The second-order valence-corrected chi connectivity index (χ2v) is 6.46. The Kier molecular flexibility index (Phi) is 4.89. The molecule has 2 atom stereocenters. The summed E-state index contributed by atoms with van der Waals surface area (Å²) in [6.07, 6.45) is 7.05. The maximum absolute atomic E-state index is 12.4. The first-order valence-electron chi connectivity index (χ1n) is 7.80. The van der Waals surface area contributed by atoms with Crippen LogP contribution in [0.4, 0.5) is 4.79 Å². The highest BCUT2D eigenvalue weighted by Gasteiger charge is 2.37. The van der Waals surface area contributed by atoms with E-state index < -0.39 is 12.0 Å². The first kappa shape index (κ1) is 15.1. The first-order valence-corrected chi connectivity index (χ1v) is 7.80. The van der Waals surface area contributed by atoms with Gasteiger partial charge in [-0.1, -0.05) is 26.7 Å². The molecule has 2 amide bonds. The highest BCUT2D eigenvalue weighted by Crippen LogP contribution is 2.35. The summed E-state index contributed by atoms with van der Waals surface area (Å²) in [5, 5.41) is 11.9. The largest absolute Gasteiger partial charge is 0.480 e. The molecule has 2 aliphatic rings. The quantitative estimate of drug-likeness (QED) is 0.832. The van der Waals surface area contributed by atoms with E-state index in [-0.39, 0.29) is 11.9 Å². The second kappa shape index (κ2) is 6.46. The van der Waals surface area contributed by atoms with Crippen molar-refractivity contribution in [2.24, 2.45) is 11.8 Å². The van der Waals surface area contributed by atoms with Gasteiger partial charge in [0.2, 0.25) is 0 Å². The Morgan fingerprint density at radius 1 is 1.15 bits per heavy atom. The highest BCUT2D eigenvalue weighted by molar-refractivity contribution is 5.83. The van der Waals surface area contributed by atoms with Crippen molar-refractivity contribution in [1.82, 2.24) is 10.2 Å². The van der Waals surface area contributed by atoms with E-state index in [0.717, 1.165) is 19.4 Å². The minimum absolute atomic E-state index is 0.107. The number of likely N-dealkylation sites (tertiary alicyclic amines) is 1. The van der Waals surface area contributed by atoms with Gasteiger partial charge in [0.1, 0.15) is 6.04 Å². The number of aliphatic carboxylic acids is 1. The molecule has 0 aromatic heterocycles. The number of carbonyl (C=O) groups excluding carboxylic acids is 1. The first-order chi connectivity index (χ1) is 9.50. The lowest BCUT2D eigenvalue weighted by atomic mass is 9.96. The monoisotopic (exact) mass is 282 g/mol. The average Bonchev–Trinajstić information content (AvgIpc) is 3.03. The van der Waals surface area contributed by atoms with Gasteiger partial charge < -0.3 is 15.3 Å². The molecule has 2 fully saturated rings. The SMILES string of the molecule is CC(C)[C@H](NC(=O)N1CCCC1C1CCCC1)C(=O)O. The molecule has 5 nitrogen and oxygen atoms in total. The molecule has 20 heavy (non-hydrogen) atoms. The summed E-state index contributed by atoms with van der Waals surface area (Å²) in [4.78, 5) is 25.5. The Balaban J connectivity index is 1.98. The molecule has 0 bridgehead atoms. The fraction of sp³-hybridized carbons (Fsp3) is 0.867. The fourth-order valence-corrected chi connectivity index (χ4v) is 3.61. The lowest BCUT2D eigenvalue weighted by Gasteiger charge is -2.31. The van der Waals surface area contributed by atoms with E-state index in [0.29, 0.717) is 12.0 Å². The minimum atomic E-state index is -0.954.